The van der Waals surface area contributed by atoms with E-state index in [0.717, 1.165) is 21.9 Å². The van der Waals surface area contributed by atoms with Crippen molar-refractivity contribution < 1.29 is 8.83 Å². The summed E-state index contributed by atoms with van der Waals surface area (Å²) in [6.45, 7) is 32.2. The highest BCUT2D eigenvalue weighted by Crippen LogP contribution is 2.18. The average molecular weight is 613 g/mol. The topological polar surface area (TPSA) is 60.4 Å². The Morgan fingerprint density at radius 3 is 1.00 bits per heavy atom. The van der Waals surface area contributed by atoms with Gasteiger partial charge in [-0.2, -0.15) is 0 Å². The first kappa shape index (κ1) is 47.8. The van der Waals surface area contributed by atoms with Crippen LogP contribution in [0.5, 0.6) is 0 Å². The summed E-state index contributed by atoms with van der Waals surface area (Å²) in [5.41, 5.74) is 4.25. The molecule has 0 saturated heterocycles. The highest BCUT2D eigenvalue weighted by atomic mass is 16.4. The van der Waals surface area contributed by atoms with Gasteiger partial charge in [0.2, 0.25) is 0 Å². The molecule has 4 nitrogen and oxygen atoms in total. The maximum absolute atomic E-state index is 11.3. The van der Waals surface area contributed by atoms with Crippen molar-refractivity contribution in [1.29, 1.82) is 0 Å². The van der Waals surface area contributed by atoms with Gasteiger partial charge in [0.15, 0.2) is 0 Å². The molecule has 2 aromatic carbocycles. The minimum absolute atomic E-state index is 0.240. The normalized spacial score (nSPS) is 8.73. The lowest BCUT2D eigenvalue weighted by atomic mass is 10.1. The van der Waals surface area contributed by atoms with Crippen molar-refractivity contribution in [3.8, 4) is 0 Å². The second kappa shape index (κ2) is 32.8. The quantitative estimate of drug-likeness (QED) is 0.170. The van der Waals surface area contributed by atoms with Crippen molar-refractivity contribution in [3.05, 3.63) is 91.6 Å². The molecule has 0 atom stereocenters. The molecule has 4 heteroatoms. The van der Waals surface area contributed by atoms with E-state index in [9.17, 15) is 9.59 Å². The highest BCUT2D eigenvalue weighted by molar-refractivity contribution is 5.81. The van der Waals surface area contributed by atoms with Crippen molar-refractivity contribution in [3.63, 3.8) is 0 Å². The van der Waals surface area contributed by atoms with E-state index in [1.807, 2.05) is 118 Å². The van der Waals surface area contributed by atoms with E-state index in [4.69, 9.17) is 8.83 Å². The Bertz CT molecular complexity index is 1210. The molecule has 0 radical (unpaired) electrons. The predicted molar refractivity (Wildman–Crippen MR) is 200 cm³/mol. The van der Waals surface area contributed by atoms with Crippen LogP contribution < -0.4 is 11.3 Å². The zero-order valence-electron chi connectivity index (χ0n) is 31.5. The second-order valence-corrected chi connectivity index (χ2v) is 9.04. The van der Waals surface area contributed by atoms with Gasteiger partial charge in [0, 0.05) is 21.9 Å². The first-order chi connectivity index (χ1) is 21.2. The average Bonchev–Trinajstić information content (AvgIpc) is 3.08. The molecule has 0 unspecified atom stereocenters. The first-order valence-corrected chi connectivity index (χ1v) is 17.2. The molecule has 252 valence electrons. The summed E-state index contributed by atoms with van der Waals surface area (Å²) >= 11 is 0. The summed E-state index contributed by atoms with van der Waals surface area (Å²) < 4.78 is 10.2. The van der Waals surface area contributed by atoms with Gasteiger partial charge in [-0.15, -0.1) is 0 Å². The Kier molecular flexibility index (Phi) is 35.6. The lowest BCUT2D eigenvalue weighted by Crippen LogP contribution is -2.05. The molecule has 0 N–H and O–H groups in total. The molecule has 0 spiro atoms. The first-order valence-electron chi connectivity index (χ1n) is 17.2. The van der Waals surface area contributed by atoms with Gasteiger partial charge in [0.1, 0.15) is 11.2 Å². The minimum Gasteiger partial charge on any atom is -0.423 e. The van der Waals surface area contributed by atoms with Gasteiger partial charge >= 0.3 is 11.3 Å². The van der Waals surface area contributed by atoms with E-state index >= 15 is 0 Å². The van der Waals surface area contributed by atoms with Crippen molar-refractivity contribution in [2.24, 2.45) is 0 Å². The molecule has 2 aromatic heterocycles. The molecule has 0 aliphatic heterocycles. The van der Waals surface area contributed by atoms with Crippen molar-refractivity contribution in [2.75, 3.05) is 0 Å². The Labute approximate surface area is 271 Å². The summed E-state index contributed by atoms with van der Waals surface area (Å²) in [5.74, 6) is 0. The maximum atomic E-state index is 11.3. The fourth-order valence-electron chi connectivity index (χ4n) is 3.47. The largest absolute Gasteiger partial charge is 0.423 e. The molecular formula is C40H68O4. The number of hydrogen-bond donors (Lipinski definition) is 0. The highest BCUT2D eigenvalue weighted by Gasteiger charge is 2.06. The molecule has 44 heavy (non-hydrogen) atoms. The number of para-hydroxylation sites is 2. The fourth-order valence-corrected chi connectivity index (χ4v) is 3.47. The van der Waals surface area contributed by atoms with Gasteiger partial charge < -0.3 is 8.83 Å². The van der Waals surface area contributed by atoms with Crippen LogP contribution in [-0.2, 0) is 0 Å². The second-order valence-electron chi connectivity index (χ2n) is 9.04. The van der Waals surface area contributed by atoms with Crippen LogP contribution in [0.25, 0.3) is 21.9 Å². The molecular weight excluding hydrogens is 544 g/mol. The van der Waals surface area contributed by atoms with Gasteiger partial charge in [0.25, 0.3) is 0 Å². The van der Waals surface area contributed by atoms with Crippen LogP contribution in [0.15, 0.2) is 67.0 Å². The summed E-state index contributed by atoms with van der Waals surface area (Å²) in [6, 6.07) is 15.1. The number of fused-ring (bicyclic) bond motifs is 2. The van der Waals surface area contributed by atoms with Crippen LogP contribution >= 0.6 is 0 Å². The Morgan fingerprint density at radius 2 is 0.727 bits per heavy atom. The molecule has 0 aliphatic rings. The molecule has 0 fully saturated rings. The molecule has 2 heterocycles. The Hall–Kier alpha value is -3.14. The lowest BCUT2D eigenvalue weighted by Gasteiger charge is -2.02. The van der Waals surface area contributed by atoms with Gasteiger partial charge in [-0.3, -0.25) is 0 Å². The predicted octanol–water partition coefficient (Wildman–Crippen LogP) is 13.3. The Morgan fingerprint density at radius 1 is 0.455 bits per heavy atom. The van der Waals surface area contributed by atoms with Crippen LogP contribution in [0.1, 0.15) is 144 Å². The summed E-state index contributed by atoms with van der Waals surface area (Å²) in [5, 5.41) is 2.03. The standard InChI is InChI=1S/2C11H10O2.C7H16.C3H8.4C2H6/c2*1-7-8(2)11(12)13-10-6-4-3-5-9(7)10;1-3-5-7-6-4-2;1-3-2;4*1-2/h2*3-6H,1-2H3;3-7H2,1-2H3;3H2,1-2H3;4*1-2H3. The molecule has 4 rings (SSSR count). The molecule has 0 saturated carbocycles. The fraction of sp³-hybridized carbons (Fsp3) is 0.550. The van der Waals surface area contributed by atoms with Gasteiger partial charge in [-0.25, -0.2) is 9.59 Å². The van der Waals surface area contributed by atoms with Crippen LogP contribution in [-0.4, -0.2) is 0 Å². The van der Waals surface area contributed by atoms with E-state index < -0.39 is 0 Å². The van der Waals surface area contributed by atoms with E-state index in [1.165, 1.54) is 38.5 Å². The maximum Gasteiger partial charge on any atom is 0.339 e. The Balaban J connectivity index is -0.000000242. The zero-order valence-corrected chi connectivity index (χ0v) is 31.5. The van der Waals surface area contributed by atoms with Gasteiger partial charge in [-0.05, 0) is 51.0 Å². The smallest absolute Gasteiger partial charge is 0.339 e. The number of hydrogen-bond acceptors (Lipinski definition) is 4. The van der Waals surface area contributed by atoms with Crippen molar-refractivity contribution in [1.82, 2.24) is 0 Å². The zero-order chi connectivity index (χ0) is 35.1. The number of rotatable bonds is 4. The van der Waals surface area contributed by atoms with Crippen molar-refractivity contribution in [2.45, 2.75) is 149 Å². The SMILES string of the molecule is CC.CC.CC.CC.CCC.CCCCCCC.Cc1c(C)c2ccccc2oc1=O.Cc1c(C)c2ccccc2oc1=O. The third-order valence-electron chi connectivity index (χ3n) is 5.93. The van der Waals surface area contributed by atoms with Crippen LogP contribution in [0, 0.1) is 27.7 Å². The van der Waals surface area contributed by atoms with E-state index in [1.54, 1.807) is 13.8 Å². The third-order valence-corrected chi connectivity index (χ3v) is 5.93. The van der Waals surface area contributed by atoms with E-state index in [2.05, 4.69) is 27.7 Å². The van der Waals surface area contributed by atoms with Gasteiger partial charge in [0.05, 0.1) is 0 Å². The monoisotopic (exact) mass is 613 g/mol. The van der Waals surface area contributed by atoms with Gasteiger partial charge in [-0.1, -0.05) is 158 Å². The summed E-state index contributed by atoms with van der Waals surface area (Å²) in [6.07, 6.45) is 8.26. The van der Waals surface area contributed by atoms with Crippen LogP contribution in [0.4, 0.5) is 0 Å². The molecule has 0 bridgehead atoms. The number of aryl methyl sites for hydroxylation is 2. The summed E-state index contributed by atoms with van der Waals surface area (Å²) in [4.78, 5) is 22.6. The molecule has 4 aromatic rings. The van der Waals surface area contributed by atoms with E-state index in [0.29, 0.717) is 22.3 Å². The molecule has 0 aliphatic carbocycles. The van der Waals surface area contributed by atoms with Crippen LogP contribution in [0.2, 0.25) is 0 Å². The molecule has 0 amide bonds. The number of benzene rings is 2. The van der Waals surface area contributed by atoms with Crippen molar-refractivity contribution >= 4 is 21.9 Å². The van der Waals surface area contributed by atoms with Crippen LogP contribution in [0.3, 0.4) is 0 Å². The number of unbranched alkanes of at least 4 members (excludes halogenated alkanes) is 4. The lowest BCUT2D eigenvalue weighted by molar-refractivity contribution is 0.553. The minimum atomic E-state index is -0.240. The third kappa shape index (κ3) is 18.5. The summed E-state index contributed by atoms with van der Waals surface area (Å²) in [7, 11) is 0. The van der Waals surface area contributed by atoms with E-state index in [-0.39, 0.29) is 11.3 Å².